The van der Waals surface area contributed by atoms with E-state index < -0.39 is 0 Å². The minimum absolute atomic E-state index is 0.669. The highest BCUT2D eigenvalue weighted by molar-refractivity contribution is 7.99. The number of para-hydroxylation sites is 1. The lowest BCUT2D eigenvalue weighted by atomic mass is 10.3. The standard InChI is InChI=1S/C12H15ClOS/c1-10(2)9-15-8-7-14-12-6-4-3-5-11(12)13/h3-6H,1,7-9H2,2H3. The highest BCUT2D eigenvalue weighted by atomic mass is 35.5. The van der Waals surface area contributed by atoms with Crippen LogP contribution in [0.25, 0.3) is 0 Å². The smallest absolute Gasteiger partial charge is 0.137 e. The SMILES string of the molecule is C=C(C)CSCCOc1ccccc1Cl. The first-order valence-corrected chi connectivity index (χ1v) is 6.33. The van der Waals surface area contributed by atoms with Crippen molar-refractivity contribution in [1.82, 2.24) is 0 Å². The number of thioether (sulfide) groups is 1. The maximum atomic E-state index is 5.94. The molecule has 0 fully saturated rings. The van der Waals surface area contributed by atoms with E-state index >= 15 is 0 Å². The van der Waals surface area contributed by atoms with Gasteiger partial charge in [-0.25, -0.2) is 0 Å². The first kappa shape index (κ1) is 12.5. The molecule has 0 aliphatic carbocycles. The van der Waals surface area contributed by atoms with Crippen molar-refractivity contribution >= 4 is 23.4 Å². The van der Waals surface area contributed by atoms with Gasteiger partial charge in [0.05, 0.1) is 11.6 Å². The number of halogens is 1. The summed E-state index contributed by atoms with van der Waals surface area (Å²) >= 11 is 7.76. The quantitative estimate of drug-likeness (QED) is 0.550. The van der Waals surface area contributed by atoms with Crippen molar-refractivity contribution in [1.29, 1.82) is 0 Å². The Balaban J connectivity index is 2.21. The van der Waals surface area contributed by atoms with Crippen LogP contribution in [0.4, 0.5) is 0 Å². The average molecular weight is 243 g/mol. The summed E-state index contributed by atoms with van der Waals surface area (Å²) in [5.74, 6) is 2.71. The molecule has 0 aliphatic rings. The Morgan fingerprint density at radius 2 is 2.20 bits per heavy atom. The Hall–Kier alpha value is -0.600. The van der Waals surface area contributed by atoms with Gasteiger partial charge in [-0.2, -0.15) is 11.8 Å². The van der Waals surface area contributed by atoms with E-state index in [9.17, 15) is 0 Å². The summed E-state index contributed by atoms with van der Waals surface area (Å²) in [6, 6.07) is 7.52. The molecule has 0 saturated carbocycles. The Labute approximate surface area is 100 Å². The van der Waals surface area contributed by atoms with Gasteiger partial charge in [0.1, 0.15) is 5.75 Å². The van der Waals surface area contributed by atoms with Crippen molar-refractivity contribution in [2.45, 2.75) is 6.92 Å². The Bertz CT molecular complexity index is 325. The zero-order valence-electron chi connectivity index (χ0n) is 8.83. The zero-order valence-corrected chi connectivity index (χ0v) is 10.4. The van der Waals surface area contributed by atoms with Crippen molar-refractivity contribution in [3.8, 4) is 5.75 Å². The van der Waals surface area contributed by atoms with Crippen LogP contribution in [0.5, 0.6) is 5.75 Å². The number of hydrogen-bond acceptors (Lipinski definition) is 2. The first-order valence-electron chi connectivity index (χ1n) is 4.79. The molecule has 0 radical (unpaired) electrons. The first-order chi connectivity index (χ1) is 7.20. The van der Waals surface area contributed by atoms with Crippen LogP contribution < -0.4 is 4.74 Å². The summed E-state index contributed by atoms with van der Waals surface area (Å²) in [6.07, 6.45) is 0. The van der Waals surface area contributed by atoms with E-state index in [1.807, 2.05) is 43.0 Å². The molecule has 0 atom stereocenters. The van der Waals surface area contributed by atoms with E-state index in [1.54, 1.807) is 0 Å². The Kier molecular flexibility index (Phi) is 5.66. The molecule has 0 spiro atoms. The molecule has 3 heteroatoms. The van der Waals surface area contributed by atoms with Crippen molar-refractivity contribution in [2.75, 3.05) is 18.1 Å². The molecule has 0 bridgehead atoms. The van der Waals surface area contributed by atoms with Crippen LogP contribution in [0.1, 0.15) is 6.92 Å². The van der Waals surface area contributed by atoms with Gasteiger partial charge in [-0.05, 0) is 19.1 Å². The monoisotopic (exact) mass is 242 g/mol. The fraction of sp³-hybridized carbons (Fsp3) is 0.333. The zero-order chi connectivity index (χ0) is 11.1. The fourth-order valence-electron chi connectivity index (χ4n) is 1.02. The van der Waals surface area contributed by atoms with Crippen molar-refractivity contribution in [3.05, 3.63) is 41.4 Å². The number of benzene rings is 1. The Morgan fingerprint density at radius 1 is 1.47 bits per heavy atom. The maximum absolute atomic E-state index is 5.94. The normalized spacial score (nSPS) is 10.0. The molecule has 0 unspecified atom stereocenters. The summed E-state index contributed by atoms with van der Waals surface area (Å²) < 4.78 is 5.54. The van der Waals surface area contributed by atoms with Gasteiger partial charge < -0.3 is 4.74 Å². The van der Waals surface area contributed by atoms with E-state index in [-0.39, 0.29) is 0 Å². The molecule has 0 N–H and O–H groups in total. The van der Waals surface area contributed by atoms with E-state index in [0.717, 1.165) is 17.3 Å². The summed E-state index contributed by atoms with van der Waals surface area (Å²) in [7, 11) is 0. The van der Waals surface area contributed by atoms with Crippen LogP contribution in [-0.4, -0.2) is 18.1 Å². The molecule has 1 aromatic rings. The third-order valence-electron chi connectivity index (χ3n) is 1.67. The molecule has 0 aromatic heterocycles. The molecule has 0 saturated heterocycles. The summed E-state index contributed by atoms with van der Waals surface area (Å²) in [6.45, 7) is 6.55. The minimum Gasteiger partial charge on any atom is -0.491 e. The average Bonchev–Trinajstić information content (AvgIpc) is 2.20. The molecular formula is C12H15ClOS. The van der Waals surface area contributed by atoms with Gasteiger partial charge in [-0.3, -0.25) is 0 Å². The molecule has 1 nitrogen and oxygen atoms in total. The third-order valence-corrected chi connectivity index (χ3v) is 3.13. The predicted octanol–water partition coefficient (Wildman–Crippen LogP) is 4.03. The van der Waals surface area contributed by atoms with E-state index in [4.69, 9.17) is 16.3 Å². The highest BCUT2D eigenvalue weighted by Crippen LogP contribution is 2.23. The van der Waals surface area contributed by atoms with Crippen LogP contribution >= 0.6 is 23.4 Å². The van der Waals surface area contributed by atoms with E-state index in [1.165, 1.54) is 5.57 Å². The number of rotatable bonds is 6. The topological polar surface area (TPSA) is 9.23 Å². The van der Waals surface area contributed by atoms with Gasteiger partial charge >= 0.3 is 0 Å². The van der Waals surface area contributed by atoms with Crippen LogP contribution in [0, 0.1) is 0 Å². The summed E-state index contributed by atoms with van der Waals surface area (Å²) in [5.41, 5.74) is 1.19. The van der Waals surface area contributed by atoms with Crippen LogP contribution in [-0.2, 0) is 0 Å². The fourth-order valence-corrected chi connectivity index (χ4v) is 1.90. The van der Waals surface area contributed by atoms with Gasteiger partial charge in [0.2, 0.25) is 0 Å². The van der Waals surface area contributed by atoms with Crippen LogP contribution in [0.2, 0.25) is 5.02 Å². The lowest BCUT2D eigenvalue weighted by Gasteiger charge is -2.07. The molecule has 0 heterocycles. The van der Waals surface area contributed by atoms with Crippen molar-refractivity contribution < 1.29 is 4.74 Å². The van der Waals surface area contributed by atoms with E-state index in [2.05, 4.69) is 6.58 Å². The number of ether oxygens (including phenoxy) is 1. The lowest BCUT2D eigenvalue weighted by molar-refractivity contribution is 0.344. The molecular weight excluding hydrogens is 228 g/mol. The molecule has 1 aromatic carbocycles. The second-order valence-electron chi connectivity index (χ2n) is 3.29. The molecule has 0 amide bonds. The maximum Gasteiger partial charge on any atom is 0.137 e. The predicted molar refractivity (Wildman–Crippen MR) is 69.1 cm³/mol. The van der Waals surface area contributed by atoms with Crippen LogP contribution in [0.3, 0.4) is 0 Å². The van der Waals surface area contributed by atoms with Gasteiger partial charge in [0, 0.05) is 11.5 Å². The minimum atomic E-state index is 0.669. The lowest BCUT2D eigenvalue weighted by Crippen LogP contribution is -2.01. The van der Waals surface area contributed by atoms with Crippen LogP contribution in [0.15, 0.2) is 36.4 Å². The molecule has 1 rings (SSSR count). The molecule has 0 aliphatic heterocycles. The van der Waals surface area contributed by atoms with Gasteiger partial charge in [0.15, 0.2) is 0 Å². The summed E-state index contributed by atoms with van der Waals surface area (Å²) in [4.78, 5) is 0. The second kappa shape index (κ2) is 6.81. The molecule has 82 valence electrons. The van der Waals surface area contributed by atoms with Gasteiger partial charge in [-0.1, -0.05) is 35.9 Å². The Morgan fingerprint density at radius 3 is 2.87 bits per heavy atom. The van der Waals surface area contributed by atoms with Crippen molar-refractivity contribution in [2.24, 2.45) is 0 Å². The van der Waals surface area contributed by atoms with Gasteiger partial charge in [0.25, 0.3) is 0 Å². The molecule has 15 heavy (non-hydrogen) atoms. The van der Waals surface area contributed by atoms with E-state index in [0.29, 0.717) is 11.6 Å². The summed E-state index contributed by atoms with van der Waals surface area (Å²) in [5, 5.41) is 0.669. The van der Waals surface area contributed by atoms with Gasteiger partial charge in [-0.15, -0.1) is 0 Å². The highest BCUT2D eigenvalue weighted by Gasteiger charge is 1.98. The number of hydrogen-bond donors (Lipinski definition) is 0. The third kappa shape index (κ3) is 5.14. The second-order valence-corrected chi connectivity index (χ2v) is 4.80. The largest absolute Gasteiger partial charge is 0.491 e. The van der Waals surface area contributed by atoms with Crippen molar-refractivity contribution in [3.63, 3.8) is 0 Å².